The molecule has 25 heavy (non-hydrogen) atoms. The van der Waals surface area contributed by atoms with Crippen LogP contribution in [0.3, 0.4) is 0 Å². The minimum Gasteiger partial charge on any atom is -0.460 e. The Kier molecular flexibility index (Phi) is 12.0. The van der Waals surface area contributed by atoms with Gasteiger partial charge in [0, 0.05) is 24.4 Å². The van der Waals surface area contributed by atoms with Crippen LogP contribution in [0.4, 0.5) is 0 Å². The summed E-state index contributed by atoms with van der Waals surface area (Å²) in [6.07, 6.45) is 0. The standard InChI is InChI=1S/C16H28O8Si/c1-7-21-25(22-8-2,23-11-9-19-15(17)13(3)4)24-12-10-20-16(18)14(5)6/h3,5,7-12H2,1-2,4,6H3. The topological polar surface area (TPSA) is 89.5 Å². The summed E-state index contributed by atoms with van der Waals surface area (Å²) < 4.78 is 32.2. The average molecular weight is 376 g/mol. The molecule has 0 N–H and O–H groups in total. The van der Waals surface area contributed by atoms with Crippen LogP contribution in [0.1, 0.15) is 27.7 Å². The van der Waals surface area contributed by atoms with Gasteiger partial charge in [-0.05, 0) is 27.7 Å². The summed E-state index contributed by atoms with van der Waals surface area (Å²) in [6, 6.07) is 0. The van der Waals surface area contributed by atoms with E-state index >= 15 is 0 Å². The molecule has 0 aromatic rings. The van der Waals surface area contributed by atoms with E-state index in [1.54, 1.807) is 27.7 Å². The molecule has 0 unspecified atom stereocenters. The van der Waals surface area contributed by atoms with Crippen LogP contribution < -0.4 is 0 Å². The Balaban J connectivity index is 4.50. The molecule has 0 aromatic heterocycles. The van der Waals surface area contributed by atoms with Crippen LogP contribution in [0.5, 0.6) is 0 Å². The number of carbonyl (C=O) groups excluding carboxylic acids is 2. The number of hydrogen-bond donors (Lipinski definition) is 0. The van der Waals surface area contributed by atoms with Crippen molar-refractivity contribution in [2.45, 2.75) is 27.7 Å². The lowest BCUT2D eigenvalue weighted by atomic mass is 10.4. The number of esters is 2. The van der Waals surface area contributed by atoms with Crippen molar-refractivity contribution < 1.29 is 36.8 Å². The normalized spacial score (nSPS) is 11.0. The van der Waals surface area contributed by atoms with Crippen LogP contribution in [0.2, 0.25) is 0 Å². The quantitative estimate of drug-likeness (QED) is 0.196. The van der Waals surface area contributed by atoms with Gasteiger partial charge in [0.15, 0.2) is 0 Å². The lowest BCUT2D eigenvalue weighted by Gasteiger charge is -2.27. The van der Waals surface area contributed by atoms with Gasteiger partial charge in [-0.1, -0.05) is 13.2 Å². The van der Waals surface area contributed by atoms with Crippen molar-refractivity contribution in [3.63, 3.8) is 0 Å². The van der Waals surface area contributed by atoms with Gasteiger partial charge < -0.3 is 27.2 Å². The minimum absolute atomic E-state index is 0.00853. The van der Waals surface area contributed by atoms with Gasteiger partial charge >= 0.3 is 21.0 Å². The predicted octanol–water partition coefficient (Wildman–Crippen LogP) is 1.77. The summed E-state index contributed by atoms with van der Waals surface area (Å²) in [6.45, 7) is 14.3. The lowest BCUT2D eigenvalue weighted by Crippen LogP contribution is -2.50. The number of hydrogen-bond acceptors (Lipinski definition) is 8. The molecule has 0 atom stereocenters. The van der Waals surface area contributed by atoms with Gasteiger partial charge in [0.05, 0.1) is 13.2 Å². The zero-order valence-corrected chi connectivity index (χ0v) is 16.4. The van der Waals surface area contributed by atoms with E-state index in [0.29, 0.717) is 24.4 Å². The van der Waals surface area contributed by atoms with Crippen molar-refractivity contribution in [3.8, 4) is 0 Å². The Morgan fingerprint density at radius 3 is 1.36 bits per heavy atom. The molecule has 0 aliphatic rings. The molecule has 9 heteroatoms. The van der Waals surface area contributed by atoms with Gasteiger partial charge in [-0.15, -0.1) is 0 Å². The molecule has 0 saturated heterocycles. The van der Waals surface area contributed by atoms with Crippen LogP contribution in [-0.4, -0.2) is 60.6 Å². The second kappa shape index (κ2) is 12.8. The van der Waals surface area contributed by atoms with Crippen LogP contribution in [0.15, 0.2) is 24.3 Å². The molecule has 0 heterocycles. The van der Waals surface area contributed by atoms with Crippen molar-refractivity contribution in [1.29, 1.82) is 0 Å². The highest BCUT2D eigenvalue weighted by Gasteiger charge is 2.45. The first-order valence-corrected chi connectivity index (χ1v) is 9.62. The summed E-state index contributed by atoms with van der Waals surface area (Å²) in [7, 11) is -3.42. The van der Waals surface area contributed by atoms with E-state index < -0.39 is 21.0 Å². The molecule has 0 saturated carbocycles. The zero-order valence-electron chi connectivity index (χ0n) is 15.4. The Hall–Kier alpha value is -1.52. The molecule has 0 aliphatic carbocycles. The molecule has 8 nitrogen and oxygen atoms in total. The summed E-state index contributed by atoms with van der Waals surface area (Å²) in [4.78, 5) is 22.7. The number of carbonyl (C=O) groups is 2. The predicted molar refractivity (Wildman–Crippen MR) is 92.5 cm³/mol. The van der Waals surface area contributed by atoms with Crippen LogP contribution in [0, 0.1) is 0 Å². The molecular formula is C16H28O8Si. The summed E-state index contributed by atoms with van der Waals surface area (Å²) in [5, 5.41) is 0. The summed E-state index contributed by atoms with van der Waals surface area (Å²) in [5.74, 6) is -1.01. The van der Waals surface area contributed by atoms with E-state index in [2.05, 4.69) is 13.2 Å². The largest absolute Gasteiger partial charge is 0.679 e. The molecule has 0 bridgehead atoms. The number of rotatable bonds is 14. The summed E-state index contributed by atoms with van der Waals surface area (Å²) in [5.41, 5.74) is 0.599. The minimum atomic E-state index is -3.42. The zero-order chi connectivity index (χ0) is 19.3. The Bertz CT molecular complexity index is 421. The third kappa shape index (κ3) is 10.1. The van der Waals surface area contributed by atoms with Gasteiger partial charge in [-0.3, -0.25) is 0 Å². The van der Waals surface area contributed by atoms with Crippen molar-refractivity contribution in [1.82, 2.24) is 0 Å². The maximum atomic E-state index is 11.3. The SMILES string of the molecule is C=C(C)C(=O)OCCO[Si](OCC)(OCC)OCCOC(=O)C(=C)C. The van der Waals surface area contributed by atoms with Crippen LogP contribution in [0.25, 0.3) is 0 Å². The van der Waals surface area contributed by atoms with Crippen molar-refractivity contribution in [2.75, 3.05) is 39.6 Å². The van der Waals surface area contributed by atoms with Gasteiger partial charge in [0.1, 0.15) is 13.2 Å². The second-order valence-electron chi connectivity index (χ2n) is 4.90. The smallest absolute Gasteiger partial charge is 0.460 e. The Morgan fingerprint density at radius 2 is 1.08 bits per heavy atom. The van der Waals surface area contributed by atoms with E-state index in [0.717, 1.165) is 0 Å². The first-order valence-electron chi connectivity index (χ1n) is 7.99. The third-order valence-corrected chi connectivity index (χ3v) is 4.93. The highest BCUT2D eigenvalue weighted by molar-refractivity contribution is 6.53. The molecule has 0 rings (SSSR count). The number of ether oxygens (including phenoxy) is 2. The highest BCUT2D eigenvalue weighted by Crippen LogP contribution is 2.12. The van der Waals surface area contributed by atoms with E-state index in [9.17, 15) is 9.59 Å². The fraction of sp³-hybridized carbons (Fsp3) is 0.625. The molecule has 0 aliphatic heterocycles. The van der Waals surface area contributed by atoms with Gasteiger partial charge in [-0.25, -0.2) is 9.59 Å². The lowest BCUT2D eigenvalue weighted by molar-refractivity contribution is -0.141. The molecular weight excluding hydrogens is 348 g/mol. The second-order valence-corrected chi connectivity index (χ2v) is 7.05. The maximum absolute atomic E-state index is 11.3. The molecule has 0 radical (unpaired) electrons. The van der Waals surface area contributed by atoms with Gasteiger partial charge in [0.25, 0.3) is 0 Å². The van der Waals surface area contributed by atoms with E-state index in [-0.39, 0.29) is 26.4 Å². The van der Waals surface area contributed by atoms with E-state index in [1.165, 1.54) is 0 Å². The maximum Gasteiger partial charge on any atom is 0.679 e. The van der Waals surface area contributed by atoms with Crippen molar-refractivity contribution in [2.24, 2.45) is 0 Å². The monoisotopic (exact) mass is 376 g/mol. The Morgan fingerprint density at radius 1 is 0.720 bits per heavy atom. The summed E-state index contributed by atoms with van der Waals surface area (Å²) >= 11 is 0. The first-order chi connectivity index (χ1) is 11.8. The Labute approximate surface area is 150 Å². The van der Waals surface area contributed by atoms with Gasteiger partial charge in [-0.2, -0.15) is 0 Å². The third-order valence-electron chi connectivity index (χ3n) is 2.53. The molecule has 144 valence electrons. The van der Waals surface area contributed by atoms with Gasteiger partial charge in [0.2, 0.25) is 0 Å². The highest BCUT2D eigenvalue weighted by atomic mass is 28.4. The fourth-order valence-corrected chi connectivity index (χ4v) is 3.33. The molecule has 0 fully saturated rings. The average Bonchev–Trinajstić information content (AvgIpc) is 2.55. The van der Waals surface area contributed by atoms with E-state index in [1.807, 2.05) is 0 Å². The van der Waals surface area contributed by atoms with Crippen LogP contribution in [-0.2, 0) is 36.8 Å². The molecule has 0 spiro atoms. The first kappa shape index (κ1) is 23.5. The molecule has 0 aromatic carbocycles. The van der Waals surface area contributed by atoms with Crippen molar-refractivity contribution in [3.05, 3.63) is 24.3 Å². The fourth-order valence-electron chi connectivity index (χ4n) is 1.45. The molecule has 0 amide bonds. The van der Waals surface area contributed by atoms with Crippen LogP contribution >= 0.6 is 0 Å². The van der Waals surface area contributed by atoms with Crippen molar-refractivity contribution >= 4 is 21.0 Å². The van der Waals surface area contributed by atoms with E-state index in [4.69, 9.17) is 27.2 Å².